The molecule has 2 aromatic rings. The van der Waals surface area contributed by atoms with E-state index in [1.807, 2.05) is 0 Å². The molecule has 2 nitrogen and oxygen atoms in total. The van der Waals surface area contributed by atoms with Crippen molar-refractivity contribution in [3.63, 3.8) is 0 Å². The fourth-order valence-corrected chi connectivity index (χ4v) is 3.02. The van der Waals surface area contributed by atoms with E-state index in [1.165, 1.54) is 46.6 Å². The SMILES string of the molecule is C1=c2c([nH]c3ccccc23)=C2CCCN2C1. The van der Waals surface area contributed by atoms with E-state index in [4.69, 9.17) is 0 Å². The maximum absolute atomic E-state index is 3.58. The number of aromatic amines is 1. The molecule has 1 N–H and O–H groups in total. The van der Waals surface area contributed by atoms with Crippen LogP contribution in [0.3, 0.4) is 0 Å². The Hall–Kier alpha value is -1.70. The zero-order valence-corrected chi connectivity index (χ0v) is 9.16. The van der Waals surface area contributed by atoms with Gasteiger partial charge in [-0.2, -0.15) is 0 Å². The van der Waals surface area contributed by atoms with Crippen LogP contribution in [-0.2, 0) is 0 Å². The first kappa shape index (κ1) is 8.45. The van der Waals surface area contributed by atoms with Gasteiger partial charge in [0.1, 0.15) is 0 Å². The molecule has 2 aliphatic heterocycles. The molecule has 0 amide bonds. The maximum atomic E-state index is 3.58. The molecule has 2 heteroatoms. The largest absolute Gasteiger partial charge is 0.369 e. The topological polar surface area (TPSA) is 19.0 Å². The lowest BCUT2D eigenvalue weighted by atomic mass is 10.1. The van der Waals surface area contributed by atoms with Gasteiger partial charge in [-0.1, -0.05) is 24.3 Å². The van der Waals surface area contributed by atoms with Gasteiger partial charge in [-0.3, -0.25) is 0 Å². The summed E-state index contributed by atoms with van der Waals surface area (Å²) in [6, 6.07) is 8.60. The van der Waals surface area contributed by atoms with Crippen LogP contribution in [0.15, 0.2) is 24.3 Å². The van der Waals surface area contributed by atoms with Crippen molar-refractivity contribution in [1.82, 2.24) is 9.88 Å². The highest BCUT2D eigenvalue weighted by Crippen LogP contribution is 2.21. The van der Waals surface area contributed by atoms with Crippen molar-refractivity contribution in [1.29, 1.82) is 0 Å². The second-order valence-electron chi connectivity index (χ2n) is 4.66. The lowest BCUT2D eigenvalue weighted by molar-refractivity contribution is 0.486. The van der Waals surface area contributed by atoms with Crippen molar-refractivity contribution in [2.75, 3.05) is 13.1 Å². The molecule has 0 bridgehead atoms. The molecule has 0 saturated carbocycles. The molecule has 2 aliphatic rings. The number of rotatable bonds is 0. The molecule has 3 heterocycles. The molecule has 0 atom stereocenters. The van der Waals surface area contributed by atoms with E-state index in [2.05, 4.69) is 40.2 Å². The Morgan fingerprint density at radius 1 is 1.19 bits per heavy atom. The number of para-hydroxylation sites is 1. The van der Waals surface area contributed by atoms with Crippen LogP contribution in [0.4, 0.5) is 0 Å². The molecule has 0 spiro atoms. The van der Waals surface area contributed by atoms with Crippen LogP contribution in [0.25, 0.3) is 22.7 Å². The number of hydrogen-bond donors (Lipinski definition) is 1. The van der Waals surface area contributed by atoms with Gasteiger partial charge in [0.2, 0.25) is 0 Å². The van der Waals surface area contributed by atoms with Gasteiger partial charge in [0.05, 0.1) is 5.35 Å². The lowest BCUT2D eigenvalue weighted by Gasteiger charge is -2.19. The summed E-state index contributed by atoms with van der Waals surface area (Å²) in [5, 5.41) is 4.16. The maximum Gasteiger partial charge on any atom is 0.0657 e. The molecular formula is C14H14N2. The van der Waals surface area contributed by atoms with Crippen molar-refractivity contribution in [3.8, 4) is 0 Å². The average molecular weight is 210 g/mol. The van der Waals surface area contributed by atoms with Crippen molar-refractivity contribution >= 4 is 22.7 Å². The second-order valence-corrected chi connectivity index (χ2v) is 4.66. The van der Waals surface area contributed by atoms with Crippen LogP contribution in [0.5, 0.6) is 0 Å². The number of fused-ring (bicyclic) bond motifs is 4. The zero-order valence-electron chi connectivity index (χ0n) is 9.16. The molecule has 16 heavy (non-hydrogen) atoms. The van der Waals surface area contributed by atoms with Gasteiger partial charge in [0.15, 0.2) is 0 Å². The second kappa shape index (κ2) is 2.91. The van der Waals surface area contributed by atoms with Gasteiger partial charge in [-0.05, 0) is 18.9 Å². The standard InChI is InChI=1S/C14H14N2/c1-2-5-12-10(4-1)11-7-9-16-8-3-6-13(16)14(11)15-12/h1-2,4-5,7,15H,3,6,8-9H2. The molecule has 0 unspecified atom stereocenters. The number of benzene rings is 1. The fourth-order valence-electron chi connectivity index (χ4n) is 3.02. The summed E-state index contributed by atoms with van der Waals surface area (Å²) in [4.78, 5) is 6.08. The summed E-state index contributed by atoms with van der Waals surface area (Å²) >= 11 is 0. The minimum Gasteiger partial charge on any atom is -0.369 e. The summed E-state index contributed by atoms with van der Waals surface area (Å²) in [7, 11) is 0. The summed E-state index contributed by atoms with van der Waals surface area (Å²) in [5.41, 5.74) is 2.79. The van der Waals surface area contributed by atoms with E-state index in [-0.39, 0.29) is 0 Å². The quantitative estimate of drug-likeness (QED) is 0.691. The molecule has 1 fully saturated rings. The van der Waals surface area contributed by atoms with Crippen LogP contribution in [0, 0.1) is 0 Å². The van der Waals surface area contributed by atoms with Gasteiger partial charge in [0.25, 0.3) is 0 Å². The Kier molecular flexibility index (Phi) is 1.54. The first-order valence-electron chi connectivity index (χ1n) is 5.98. The third kappa shape index (κ3) is 0.967. The number of nitrogens with zero attached hydrogens (tertiary/aromatic N) is 1. The van der Waals surface area contributed by atoms with Crippen molar-refractivity contribution in [2.24, 2.45) is 0 Å². The third-order valence-electron chi connectivity index (χ3n) is 3.77. The Morgan fingerprint density at radius 3 is 3.12 bits per heavy atom. The molecule has 0 aliphatic carbocycles. The van der Waals surface area contributed by atoms with Gasteiger partial charge in [-0.15, -0.1) is 0 Å². The normalized spacial score (nSPS) is 18.5. The van der Waals surface area contributed by atoms with Gasteiger partial charge >= 0.3 is 0 Å². The van der Waals surface area contributed by atoms with E-state index in [0.29, 0.717) is 0 Å². The van der Waals surface area contributed by atoms with Crippen LogP contribution in [0.2, 0.25) is 0 Å². The van der Waals surface area contributed by atoms with Crippen molar-refractivity contribution < 1.29 is 0 Å². The Balaban J connectivity index is 2.22. The minimum atomic E-state index is 1.09. The Bertz CT molecular complexity index is 678. The predicted octanol–water partition coefficient (Wildman–Crippen LogP) is 1.17. The first-order chi connectivity index (χ1) is 7.93. The molecule has 4 rings (SSSR count). The number of H-pyrrole nitrogens is 1. The van der Waals surface area contributed by atoms with E-state index < -0.39 is 0 Å². The van der Waals surface area contributed by atoms with Crippen LogP contribution < -0.4 is 10.6 Å². The number of hydrogen-bond acceptors (Lipinski definition) is 1. The highest BCUT2D eigenvalue weighted by atomic mass is 15.2. The monoisotopic (exact) mass is 210 g/mol. The highest BCUT2D eigenvalue weighted by Gasteiger charge is 2.20. The number of nitrogens with one attached hydrogen (secondary N) is 1. The fraction of sp³-hybridized carbons (Fsp3) is 0.286. The zero-order chi connectivity index (χ0) is 10.5. The smallest absolute Gasteiger partial charge is 0.0657 e. The van der Waals surface area contributed by atoms with Crippen molar-refractivity contribution in [3.05, 3.63) is 34.8 Å². The molecule has 1 aromatic carbocycles. The van der Waals surface area contributed by atoms with E-state index in [9.17, 15) is 0 Å². The molecular weight excluding hydrogens is 196 g/mol. The van der Waals surface area contributed by atoms with Crippen LogP contribution >= 0.6 is 0 Å². The third-order valence-corrected chi connectivity index (χ3v) is 3.77. The predicted molar refractivity (Wildman–Crippen MR) is 66.2 cm³/mol. The van der Waals surface area contributed by atoms with E-state index in [1.54, 1.807) is 0 Å². The van der Waals surface area contributed by atoms with E-state index >= 15 is 0 Å². The highest BCUT2D eigenvalue weighted by molar-refractivity contribution is 5.82. The molecule has 0 radical (unpaired) electrons. The molecule has 80 valence electrons. The van der Waals surface area contributed by atoms with Crippen LogP contribution in [0.1, 0.15) is 12.8 Å². The van der Waals surface area contributed by atoms with Gasteiger partial charge in [-0.25, -0.2) is 0 Å². The summed E-state index contributed by atoms with van der Waals surface area (Å²) < 4.78 is 0. The Labute approximate surface area is 93.9 Å². The number of aromatic nitrogens is 1. The molecule has 1 aromatic heterocycles. The summed E-state index contributed by atoms with van der Waals surface area (Å²) in [5.74, 6) is 0. The lowest BCUT2D eigenvalue weighted by Crippen LogP contribution is -2.36. The summed E-state index contributed by atoms with van der Waals surface area (Å²) in [6.07, 6.45) is 4.90. The van der Waals surface area contributed by atoms with Gasteiger partial charge < -0.3 is 9.88 Å². The van der Waals surface area contributed by atoms with Gasteiger partial charge in [0, 0.05) is 34.9 Å². The minimum absolute atomic E-state index is 1.09. The Morgan fingerprint density at radius 2 is 2.12 bits per heavy atom. The first-order valence-corrected chi connectivity index (χ1v) is 5.98. The van der Waals surface area contributed by atoms with Crippen LogP contribution in [-0.4, -0.2) is 23.0 Å². The van der Waals surface area contributed by atoms with Crippen molar-refractivity contribution in [2.45, 2.75) is 12.8 Å². The molecule has 1 saturated heterocycles. The average Bonchev–Trinajstić information content (AvgIpc) is 2.92. The summed E-state index contributed by atoms with van der Waals surface area (Å²) in [6.45, 7) is 2.31. The van der Waals surface area contributed by atoms with E-state index in [0.717, 1.165) is 6.54 Å².